The Hall–Kier alpha value is -0.680. The highest BCUT2D eigenvalue weighted by molar-refractivity contribution is 7.60. The van der Waals surface area contributed by atoms with Crippen LogP contribution in [0.3, 0.4) is 0 Å². The van der Waals surface area contributed by atoms with Gasteiger partial charge in [-0.05, 0) is 42.9 Å². The van der Waals surface area contributed by atoms with Gasteiger partial charge in [-0.15, -0.1) is 0 Å². The minimum absolute atomic E-state index is 0.163. The van der Waals surface area contributed by atoms with Crippen molar-refractivity contribution in [3.05, 3.63) is 29.3 Å². The summed E-state index contributed by atoms with van der Waals surface area (Å²) in [7, 11) is -10.1. The lowest BCUT2D eigenvalue weighted by Crippen LogP contribution is -2.03. The Bertz CT molecular complexity index is 718. The van der Waals surface area contributed by atoms with Crippen LogP contribution in [0.2, 0.25) is 0 Å². The molecule has 0 saturated carbocycles. The zero-order chi connectivity index (χ0) is 23.2. The molecule has 0 bridgehead atoms. The molecule has 0 aliphatic rings. The van der Waals surface area contributed by atoms with Gasteiger partial charge in [0, 0.05) is 0 Å². The van der Waals surface area contributed by atoms with E-state index in [1.165, 1.54) is 44.9 Å². The van der Waals surface area contributed by atoms with Gasteiger partial charge in [0.25, 0.3) is 0 Å². The second-order valence-electron chi connectivity index (χ2n) is 8.06. The molecule has 0 aromatic heterocycles. The number of benzene rings is 1. The maximum atomic E-state index is 12.1. The number of unbranched alkanes of at least 4 members (excludes halogenated alkanes) is 10. The minimum Gasteiger partial charge on any atom is -0.404 e. The molecular formula is C22H40O7P2. The predicted octanol–water partition coefficient (Wildman–Crippen LogP) is 7.08. The molecule has 31 heavy (non-hydrogen) atoms. The van der Waals surface area contributed by atoms with Gasteiger partial charge in [0.15, 0.2) is 0 Å². The SMILES string of the molecule is CCCCCCCCc1cccc(OP(=O)(O)OP(=O)(O)O)c1CCCCCCCC. The van der Waals surface area contributed by atoms with Crippen molar-refractivity contribution in [2.24, 2.45) is 0 Å². The van der Waals surface area contributed by atoms with Gasteiger partial charge in [0.05, 0.1) is 0 Å². The summed E-state index contributed by atoms with van der Waals surface area (Å²) in [4.78, 5) is 27.6. The molecule has 1 atom stereocenters. The maximum absolute atomic E-state index is 12.1. The van der Waals surface area contributed by atoms with E-state index < -0.39 is 15.6 Å². The van der Waals surface area contributed by atoms with Crippen LogP contribution in [-0.4, -0.2) is 14.7 Å². The van der Waals surface area contributed by atoms with Gasteiger partial charge in [-0.25, -0.2) is 9.13 Å². The first-order chi connectivity index (χ1) is 14.7. The first-order valence-corrected chi connectivity index (χ1v) is 14.6. The number of hydrogen-bond donors (Lipinski definition) is 3. The summed E-state index contributed by atoms with van der Waals surface area (Å²) >= 11 is 0. The van der Waals surface area contributed by atoms with Crippen LogP contribution in [0.25, 0.3) is 0 Å². The van der Waals surface area contributed by atoms with Crippen LogP contribution in [-0.2, 0) is 26.3 Å². The summed E-state index contributed by atoms with van der Waals surface area (Å²) in [5.74, 6) is 0.163. The van der Waals surface area contributed by atoms with Gasteiger partial charge in [-0.1, -0.05) is 90.2 Å². The molecule has 0 fully saturated rings. The summed E-state index contributed by atoms with van der Waals surface area (Å²) < 4.78 is 32.2. The topological polar surface area (TPSA) is 113 Å². The lowest BCUT2D eigenvalue weighted by atomic mass is 9.95. The molecule has 1 unspecified atom stereocenters. The van der Waals surface area contributed by atoms with Gasteiger partial charge in [-0.3, -0.25) is 4.89 Å². The average Bonchev–Trinajstić information content (AvgIpc) is 2.66. The summed E-state index contributed by atoms with van der Waals surface area (Å²) in [6.45, 7) is 4.37. The molecule has 0 heterocycles. The average molecular weight is 479 g/mol. The van der Waals surface area contributed by atoms with Crippen LogP contribution >= 0.6 is 15.6 Å². The number of hydrogen-bond acceptors (Lipinski definition) is 4. The van der Waals surface area contributed by atoms with E-state index in [0.717, 1.165) is 49.7 Å². The Morgan fingerprint density at radius 1 is 0.742 bits per heavy atom. The summed E-state index contributed by atoms with van der Waals surface area (Å²) in [6, 6.07) is 5.30. The third-order valence-electron chi connectivity index (χ3n) is 5.23. The van der Waals surface area contributed by atoms with Crippen molar-refractivity contribution in [2.75, 3.05) is 0 Å². The number of phosphoric acid groups is 2. The predicted molar refractivity (Wildman–Crippen MR) is 124 cm³/mol. The molecule has 0 spiro atoms. The molecule has 0 saturated heterocycles. The van der Waals surface area contributed by atoms with Crippen LogP contribution in [0.5, 0.6) is 5.75 Å². The van der Waals surface area contributed by atoms with Gasteiger partial charge in [-0.2, -0.15) is 4.31 Å². The van der Waals surface area contributed by atoms with E-state index >= 15 is 0 Å². The quantitative estimate of drug-likeness (QED) is 0.153. The van der Waals surface area contributed by atoms with E-state index in [-0.39, 0.29) is 5.75 Å². The van der Waals surface area contributed by atoms with Crippen molar-refractivity contribution in [1.29, 1.82) is 0 Å². The number of phosphoric ester groups is 1. The fourth-order valence-corrected chi connectivity index (χ4v) is 5.30. The monoisotopic (exact) mass is 478 g/mol. The molecule has 0 aliphatic heterocycles. The number of aryl methyl sites for hydroxylation is 1. The van der Waals surface area contributed by atoms with Gasteiger partial charge < -0.3 is 14.3 Å². The van der Waals surface area contributed by atoms with Crippen molar-refractivity contribution in [3.8, 4) is 5.75 Å². The van der Waals surface area contributed by atoms with Crippen molar-refractivity contribution in [1.82, 2.24) is 0 Å². The van der Waals surface area contributed by atoms with E-state index in [2.05, 4.69) is 18.2 Å². The Balaban J connectivity index is 2.85. The Labute approximate surface area is 187 Å². The molecule has 180 valence electrons. The highest BCUT2D eigenvalue weighted by atomic mass is 31.3. The Morgan fingerprint density at radius 3 is 1.81 bits per heavy atom. The fraction of sp³-hybridized carbons (Fsp3) is 0.727. The molecule has 1 aromatic carbocycles. The standard InChI is InChI=1S/C22H40O7P2/c1-3-5-7-9-11-13-16-20-17-15-19-22(28-31(26,27)29-30(23,24)25)21(20)18-14-12-10-8-6-4-2/h15,17,19H,3-14,16,18H2,1-2H3,(H,26,27)(H2,23,24,25). The van der Waals surface area contributed by atoms with Crippen LogP contribution in [0, 0.1) is 0 Å². The lowest BCUT2D eigenvalue weighted by Gasteiger charge is -2.18. The highest BCUT2D eigenvalue weighted by Crippen LogP contribution is 2.57. The zero-order valence-electron chi connectivity index (χ0n) is 19.0. The molecule has 1 rings (SSSR count). The third-order valence-corrected chi connectivity index (χ3v) is 7.34. The first kappa shape index (κ1) is 28.4. The minimum atomic E-state index is -5.16. The fourth-order valence-electron chi connectivity index (χ4n) is 3.67. The van der Waals surface area contributed by atoms with Crippen molar-refractivity contribution in [2.45, 2.75) is 104 Å². The van der Waals surface area contributed by atoms with Gasteiger partial charge in [0.1, 0.15) is 5.75 Å². The molecule has 3 N–H and O–H groups in total. The van der Waals surface area contributed by atoms with Crippen LogP contribution in [0.4, 0.5) is 0 Å². The van der Waals surface area contributed by atoms with Crippen LogP contribution < -0.4 is 4.52 Å². The summed E-state index contributed by atoms with van der Waals surface area (Å²) in [5, 5.41) is 0. The maximum Gasteiger partial charge on any atom is 0.536 e. The second kappa shape index (κ2) is 15.2. The molecule has 0 radical (unpaired) electrons. The smallest absolute Gasteiger partial charge is 0.404 e. The lowest BCUT2D eigenvalue weighted by molar-refractivity contribution is 0.229. The van der Waals surface area contributed by atoms with E-state index in [9.17, 15) is 14.0 Å². The largest absolute Gasteiger partial charge is 0.536 e. The van der Waals surface area contributed by atoms with Crippen molar-refractivity contribution >= 4 is 15.6 Å². The van der Waals surface area contributed by atoms with Crippen molar-refractivity contribution in [3.63, 3.8) is 0 Å². The molecule has 7 nitrogen and oxygen atoms in total. The first-order valence-electron chi connectivity index (χ1n) is 11.6. The van der Waals surface area contributed by atoms with Crippen LogP contribution in [0.15, 0.2) is 18.2 Å². The Morgan fingerprint density at radius 2 is 1.26 bits per heavy atom. The van der Waals surface area contributed by atoms with E-state index in [1.807, 2.05) is 6.07 Å². The number of rotatable bonds is 18. The molecular weight excluding hydrogens is 438 g/mol. The van der Waals surface area contributed by atoms with Crippen LogP contribution in [0.1, 0.15) is 102 Å². The molecule has 9 heteroatoms. The van der Waals surface area contributed by atoms with Crippen molar-refractivity contribution < 1.29 is 32.6 Å². The normalized spacial score (nSPS) is 13.8. The second-order valence-corrected chi connectivity index (χ2v) is 10.8. The molecule has 0 amide bonds. The van der Waals surface area contributed by atoms with E-state index in [1.54, 1.807) is 12.1 Å². The Kier molecular flexibility index (Phi) is 13.9. The third kappa shape index (κ3) is 13.5. The molecule has 0 aliphatic carbocycles. The summed E-state index contributed by atoms with van der Waals surface area (Å²) in [6.07, 6.45) is 15.3. The highest BCUT2D eigenvalue weighted by Gasteiger charge is 2.34. The molecule has 1 aromatic rings. The van der Waals surface area contributed by atoms with E-state index in [0.29, 0.717) is 6.42 Å². The zero-order valence-corrected chi connectivity index (χ0v) is 20.8. The van der Waals surface area contributed by atoms with Gasteiger partial charge in [0.2, 0.25) is 0 Å². The summed E-state index contributed by atoms with van der Waals surface area (Å²) in [5.41, 5.74) is 1.88. The van der Waals surface area contributed by atoms with E-state index in [4.69, 9.17) is 14.3 Å². The van der Waals surface area contributed by atoms with Gasteiger partial charge >= 0.3 is 15.6 Å².